The highest BCUT2D eigenvalue weighted by atomic mass is 79.9. The third-order valence-electron chi connectivity index (χ3n) is 2.76. The number of carbonyl (C=O) groups excluding carboxylic acids is 2. The minimum absolute atomic E-state index is 0.102. The van der Waals surface area contributed by atoms with Gasteiger partial charge in [0.1, 0.15) is 5.82 Å². The smallest absolute Gasteiger partial charge is 0.255 e. The molecule has 0 saturated carbocycles. The van der Waals surface area contributed by atoms with E-state index in [1.165, 1.54) is 24.3 Å². The summed E-state index contributed by atoms with van der Waals surface area (Å²) in [6.45, 7) is 0. The highest BCUT2D eigenvalue weighted by Crippen LogP contribution is 2.22. The normalized spacial score (nSPS) is 10.2. The molecule has 0 aliphatic heterocycles. The molecule has 0 fully saturated rings. The molecular weight excluding hydrogens is 341 g/mol. The quantitative estimate of drug-likeness (QED) is 0.741. The summed E-state index contributed by atoms with van der Waals surface area (Å²) in [4.78, 5) is 23.1. The third kappa shape index (κ3) is 3.38. The molecule has 2 amide bonds. The summed E-state index contributed by atoms with van der Waals surface area (Å²) < 4.78 is 14.2. The Morgan fingerprint density at radius 3 is 2.38 bits per heavy atom. The number of nitrogens with one attached hydrogen (secondary N) is 1. The first-order chi connectivity index (χ1) is 9.88. The SMILES string of the molecule is NC(=O)c1ccc(F)c(NC(=O)c2ccc(N)c(Br)c2)c1. The van der Waals surface area contributed by atoms with E-state index in [2.05, 4.69) is 21.2 Å². The Hall–Kier alpha value is -2.41. The molecule has 2 rings (SSSR count). The van der Waals surface area contributed by atoms with E-state index in [4.69, 9.17) is 11.5 Å². The maximum Gasteiger partial charge on any atom is 0.255 e. The van der Waals surface area contributed by atoms with Gasteiger partial charge in [-0.05, 0) is 52.3 Å². The van der Waals surface area contributed by atoms with E-state index in [9.17, 15) is 14.0 Å². The summed E-state index contributed by atoms with van der Waals surface area (Å²) in [5.41, 5.74) is 11.5. The number of amides is 2. The van der Waals surface area contributed by atoms with E-state index >= 15 is 0 Å². The molecule has 7 heteroatoms. The molecule has 0 spiro atoms. The van der Waals surface area contributed by atoms with E-state index in [-0.39, 0.29) is 11.3 Å². The topological polar surface area (TPSA) is 98.2 Å². The first-order valence-corrected chi connectivity index (χ1v) is 6.63. The Morgan fingerprint density at radius 2 is 1.76 bits per heavy atom. The molecule has 0 aliphatic rings. The summed E-state index contributed by atoms with van der Waals surface area (Å²) in [5.74, 6) is -1.90. The number of nitrogens with two attached hydrogens (primary N) is 2. The van der Waals surface area contributed by atoms with Gasteiger partial charge < -0.3 is 16.8 Å². The van der Waals surface area contributed by atoms with E-state index < -0.39 is 17.6 Å². The van der Waals surface area contributed by atoms with Gasteiger partial charge >= 0.3 is 0 Å². The van der Waals surface area contributed by atoms with Crippen molar-refractivity contribution < 1.29 is 14.0 Å². The van der Waals surface area contributed by atoms with Crippen LogP contribution < -0.4 is 16.8 Å². The van der Waals surface area contributed by atoms with Crippen molar-refractivity contribution >= 4 is 39.1 Å². The van der Waals surface area contributed by atoms with Gasteiger partial charge in [-0.2, -0.15) is 0 Å². The number of hydrogen-bond donors (Lipinski definition) is 3. The molecule has 0 saturated heterocycles. The van der Waals surface area contributed by atoms with Crippen LogP contribution in [0.1, 0.15) is 20.7 Å². The number of halogens is 2. The average molecular weight is 352 g/mol. The number of benzene rings is 2. The zero-order chi connectivity index (χ0) is 15.6. The van der Waals surface area contributed by atoms with Gasteiger partial charge in [0.25, 0.3) is 5.91 Å². The van der Waals surface area contributed by atoms with Crippen LogP contribution in [-0.2, 0) is 0 Å². The van der Waals surface area contributed by atoms with E-state index in [0.717, 1.165) is 6.07 Å². The Balaban J connectivity index is 2.28. The van der Waals surface area contributed by atoms with Crippen LogP contribution >= 0.6 is 15.9 Å². The number of anilines is 2. The second-order valence-corrected chi connectivity index (χ2v) is 5.10. The minimum Gasteiger partial charge on any atom is -0.398 e. The molecule has 2 aromatic rings. The molecule has 5 nitrogen and oxygen atoms in total. The van der Waals surface area contributed by atoms with Gasteiger partial charge in [-0.3, -0.25) is 9.59 Å². The van der Waals surface area contributed by atoms with Crippen LogP contribution in [0.25, 0.3) is 0 Å². The molecule has 0 radical (unpaired) electrons. The summed E-state index contributed by atoms with van der Waals surface area (Å²) in [7, 11) is 0. The van der Waals surface area contributed by atoms with Crippen LogP contribution in [0.3, 0.4) is 0 Å². The van der Waals surface area contributed by atoms with Gasteiger partial charge in [-0.25, -0.2) is 4.39 Å². The summed E-state index contributed by atoms with van der Waals surface area (Å²) in [5, 5.41) is 2.39. The van der Waals surface area contributed by atoms with Gasteiger partial charge in [0, 0.05) is 21.3 Å². The van der Waals surface area contributed by atoms with E-state index in [1.54, 1.807) is 6.07 Å². The van der Waals surface area contributed by atoms with Gasteiger partial charge in [0.2, 0.25) is 5.91 Å². The van der Waals surface area contributed by atoms with E-state index in [0.29, 0.717) is 15.7 Å². The monoisotopic (exact) mass is 351 g/mol. The van der Waals surface area contributed by atoms with Crippen molar-refractivity contribution in [1.82, 2.24) is 0 Å². The van der Waals surface area contributed by atoms with Crippen molar-refractivity contribution in [2.45, 2.75) is 0 Å². The highest BCUT2D eigenvalue weighted by molar-refractivity contribution is 9.10. The molecule has 2 aromatic carbocycles. The van der Waals surface area contributed by atoms with E-state index in [1.807, 2.05) is 0 Å². The van der Waals surface area contributed by atoms with Crippen molar-refractivity contribution in [1.29, 1.82) is 0 Å². The molecule has 0 heterocycles. The van der Waals surface area contributed by atoms with Gasteiger partial charge in [-0.1, -0.05) is 0 Å². The Labute approximate surface area is 128 Å². The third-order valence-corrected chi connectivity index (χ3v) is 3.45. The maximum atomic E-state index is 13.7. The molecular formula is C14H11BrFN3O2. The molecule has 0 unspecified atom stereocenters. The van der Waals surface area contributed by atoms with Crippen molar-refractivity contribution in [3.8, 4) is 0 Å². The van der Waals surface area contributed by atoms with Crippen molar-refractivity contribution in [3.05, 3.63) is 57.8 Å². The van der Waals surface area contributed by atoms with Crippen LogP contribution in [0.4, 0.5) is 15.8 Å². The lowest BCUT2D eigenvalue weighted by Gasteiger charge is -2.08. The van der Waals surface area contributed by atoms with Crippen molar-refractivity contribution in [2.24, 2.45) is 5.73 Å². The van der Waals surface area contributed by atoms with Crippen LogP contribution in [0.2, 0.25) is 0 Å². The average Bonchev–Trinajstić information content (AvgIpc) is 2.43. The fourth-order valence-electron chi connectivity index (χ4n) is 1.64. The minimum atomic E-state index is -0.708. The second-order valence-electron chi connectivity index (χ2n) is 4.25. The molecule has 0 atom stereocenters. The summed E-state index contributed by atoms with van der Waals surface area (Å²) in [6, 6.07) is 8.06. The largest absolute Gasteiger partial charge is 0.398 e. The number of nitrogen functional groups attached to an aromatic ring is 1. The van der Waals surface area contributed by atoms with Crippen LogP contribution in [0, 0.1) is 5.82 Å². The number of carbonyl (C=O) groups is 2. The van der Waals surface area contributed by atoms with Crippen molar-refractivity contribution in [2.75, 3.05) is 11.1 Å². The second kappa shape index (κ2) is 5.92. The molecule has 21 heavy (non-hydrogen) atoms. The fourth-order valence-corrected chi connectivity index (χ4v) is 2.02. The van der Waals surface area contributed by atoms with Gasteiger partial charge in [0.05, 0.1) is 5.69 Å². The van der Waals surface area contributed by atoms with Crippen LogP contribution in [0.5, 0.6) is 0 Å². The fraction of sp³-hybridized carbons (Fsp3) is 0. The van der Waals surface area contributed by atoms with Gasteiger partial charge in [-0.15, -0.1) is 0 Å². The van der Waals surface area contributed by atoms with Crippen molar-refractivity contribution in [3.63, 3.8) is 0 Å². The predicted octanol–water partition coefficient (Wildman–Crippen LogP) is 2.52. The standard InChI is InChI=1S/C14H11BrFN3O2/c15-9-5-8(2-4-11(9)17)14(21)19-12-6-7(13(18)20)1-3-10(12)16/h1-6H,17H2,(H2,18,20)(H,19,21). The number of rotatable bonds is 3. The zero-order valence-corrected chi connectivity index (χ0v) is 12.3. The number of hydrogen-bond acceptors (Lipinski definition) is 3. The number of primary amides is 1. The Bertz CT molecular complexity index is 734. The zero-order valence-electron chi connectivity index (χ0n) is 10.7. The van der Waals surface area contributed by atoms with Gasteiger partial charge in [0.15, 0.2) is 0 Å². The lowest BCUT2D eigenvalue weighted by Crippen LogP contribution is -2.15. The predicted molar refractivity (Wildman–Crippen MR) is 81.4 cm³/mol. The lowest BCUT2D eigenvalue weighted by atomic mass is 10.1. The Morgan fingerprint density at radius 1 is 1.10 bits per heavy atom. The molecule has 0 bridgehead atoms. The van der Waals surface area contributed by atoms with Crippen LogP contribution in [-0.4, -0.2) is 11.8 Å². The first kappa shape index (κ1) is 15.0. The van der Waals surface area contributed by atoms with Crippen LogP contribution in [0.15, 0.2) is 40.9 Å². The Kier molecular flexibility index (Phi) is 4.23. The molecule has 0 aliphatic carbocycles. The summed E-state index contributed by atoms with van der Waals surface area (Å²) >= 11 is 3.20. The first-order valence-electron chi connectivity index (χ1n) is 5.84. The molecule has 5 N–H and O–H groups in total. The highest BCUT2D eigenvalue weighted by Gasteiger charge is 2.12. The molecule has 0 aromatic heterocycles. The molecule has 108 valence electrons. The lowest BCUT2D eigenvalue weighted by molar-refractivity contribution is 0.0996. The summed E-state index contributed by atoms with van der Waals surface area (Å²) in [6.07, 6.45) is 0. The maximum absolute atomic E-state index is 13.7.